The Bertz CT molecular complexity index is 656. The largest absolute Gasteiger partial charge is 0.416 e. The molecule has 0 fully saturated rings. The summed E-state index contributed by atoms with van der Waals surface area (Å²) in [6.07, 6.45) is -3.63. The second-order valence-electron chi connectivity index (χ2n) is 5.02. The smallest absolute Gasteiger partial charge is 0.350 e. The van der Waals surface area contributed by atoms with E-state index in [2.05, 4.69) is 5.32 Å². The number of benzene rings is 1. The molecule has 0 aliphatic rings. The molecule has 0 spiro atoms. The van der Waals surface area contributed by atoms with Crippen LogP contribution in [0.3, 0.4) is 0 Å². The van der Waals surface area contributed by atoms with Crippen LogP contribution in [0.25, 0.3) is 0 Å². The fraction of sp³-hybridized carbons (Fsp3) is 0.462. The standard InChI is InChI=1S/C13H15F4NO3S/c1-8(3-4-22(2,20)21)18-12(19)9-5-10(13(15,16)17)7-11(14)6-9/h5-8H,3-4H2,1-2H3,(H,18,19)/t8-/m1/s1. The number of hydrogen-bond donors (Lipinski definition) is 1. The van der Waals surface area contributed by atoms with Crippen LogP contribution in [-0.2, 0) is 16.0 Å². The highest BCUT2D eigenvalue weighted by atomic mass is 32.2. The summed E-state index contributed by atoms with van der Waals surface area (Å²) in [6, 6.07) is 0.944. The Morgan fingerprint density at radius 3 is 2.36 bits per heavy atom. The van der Waals surface area contributed by atoms with Gasteiger partial charge >= 0.3 is 6.18 Å². The highest BCUT2D eigenvalue weighted by Crippen LogP contribution is 2.30. The van der Waals surface area contributed by atoms with E-state index in [1.165, 1.54) is 6.92 Å². The SMILES string of the molecule is C[C@H](CCS(C)(=O)=O)NC(=O)c1cc(F)cc(C(F)(F)F)c1. The number of nitrogens with one attached hydrogen (secondary N) is 1. The van der Waals surface area contributed by atoms with Crippen LogP contribution in [0.5, 0.6) is 0 Å². The summed E-state index contributed by atoms with van der Waals surface area (Å²) in [4.78, 5) is 11.8. The van der Waals surface area contributed by atoms with Crippen LogP contribution in [0.2, 0.25) is 0 Å². The first kappa shape index (κ1) is 18.4. The molecule has 0 unspecified atom stereocenters. The van der Waals surface area contributed by atoms with Crippen molar-refractivity contribution in [3.63, 3.8) is 0 Å². The van der Waals surface area contributed by atoms with E-state index in [-0.39, 0.29) is 12.2 Å². The minimum atomic E-state index is -4.76. The molecular formula is C13H15F4NO3S. The number of alkyl halides is 3. The van der Waals surface area contributed by atoms with E-state index in [0.29, 0.717) is 18.2 Å². The summed E-state index contributed by atoms with van der Waals surface area (Å²) < 4.78 is 72.9. The predicted octanol–water partition coefficient (Wildman–Crippen LogP) is 2.40. The minimum absolute atomic E-state index is 0.103. The summed E-state index contributed by atoms with van der Waals surface area (Å²) in [6.45, 7) is 1.51. The highest BCUT2D eigenvalue weighted by Gasteiger charge is 2.32. The molecule has 0 aliphatic carbocycles. The number of rotatable bonds is 5. The molecule has 1 N–H and O–H groups in total. The van der Waals surface area contributed by atoms with E-state index in [1.807, 2.05) is 0 Å². The zero-order chi connectivity index (χ0) is 17.1. The van der Waals surface area contributed by atoms with Crippen LogP contribution in [0.15, 0.2) is 18.2 Å². The van der Waals surface area contributed by atoms with Gasteiger partial charge in [-0.3, -0.25) is 4.79 Å². The first-order valence-electron chi connectivity index (χ1n) is 6.25. The van der Waals surface area contributed by atoms with Crippen LogP contribution in [0.1, 0.15) is 29.3 Å². The van der Waals surface area contributed by atoms with Gasteiger partial charge in [-0.15, -0.1) is 0 Å². The molecule has 0 heterocycles. The third-order valence-electron chi connectivity index (χ3n) is 2.79. The molecule has 124 valence electrons. The maximum atomic E-state index is 13.2. The van der Waals surface area contributed by atoms with Gasteiger partial charge in [0.1, 0.15) is 15.7 Å². The molecule has 0 aromatic heterocycles. The van der Waals surface area contributed by atoms with Crippen LogP contribution >= 0.6 is 0 Å². The van der Waals surface area contributed by atoms with Gasteiger partial charge in [-0.2, -0.15) is 13.2 Å². The third kappa shape index (κ3) is 6.00. The Labute approximate surface area is 125 Å². The van der Waals surface area contributed by atoms with Crippen molar-refractivity contribution in [3.05, 3.63) is 35.1 Å². The van der Waals surface area contributed by atoms with Gasteiger partial charge < -0.3 is 5.32 Å². The minimum Gasteiger partial charge on any atom is -0.350 e. The number of carbonyl (C=O) groups excluding carboxylic acids is 1. The van der Waals surface area contributed by atoms with Gasteiger partial charge in [-0.25, -0.2) is 12.8 Å². The van der Waals surface area contributed by atoms with E-state index in [1.54, 1.807) is 0 Å². The van der Waals surface area contributed by atoms with Crippen molar-refractivity contribution in [2.45, 2.75) is 25.6 Å². The summed E-state index contributed by atoms with van der Waals surface area (Å²) in [5.41, 5.74) is -1.74. The van der Waals surface area contributed by atoms with Crippen molar-refractivity contribution in [1.82, 2.24) is 5.32 Å². The van der Waals surface area contributed by atoms with Crippen molar-refractivity contribution in [2.75, 3.05) is 12.0 Å². The van der Waals surface area contributed by atoms with Crippen molar-refractivity contribution in [3.8, 4) is 0 Å². The highest BCUT2D eigenvalue weighted by molar-refractivity contribution is 7.90. The molecule has 1 aromatic rings. The zero-order valence-electron chi connectivity index (χ0n) is 11.9. The third-order valence-corrected chi connectivity index (χ3v) is 3.76. The maximum absolute atomic E-state index is 13.2. The first-order valence-corrected chi connectivity index (χ1v) is 8.31. The van der Waals surface area contributed by atoms with Gasteiger partial charge in [0.25, 0.3) is 5.91 Å². The van der Waals surface area contributed by atoms with Crippen LogP contribution in [-0.4, -0.2) is 32.4 Å². The lowest BCUT2D eigenvalue weighted by Crippen LogP contribution is -2.34. The summed E-state index contributed by atoms with van der Waals surface area (Å²) in [5.74, 6) is -2.25. The lowest BCUT2D eigenvalue weighted by atomic mass is 10.1. The normalized spacial score (nSPS) is 13.7. The van der Waals surface area contributed by atoms with Gasteiger partial charge in [0, 0.05) is 17.9 Å². The Balaban J connectivity index is 2.83. The maximum Gasteiger partial charge on any atom is 0.416 e. The van der Waals surface area contributed by atoms with Crippen molar-refractivity contribution >= 4 is 15.7 Å². The van der Waals surface area contributed by atoms with Crippen LogP contribution < -0.4 is 5.32 Å². The van der Waals surface area contributed by atoms with Gasteiger partial charge in [0.15, 0.2) is 0 Å². The second-order valence-corrected chi connectivity index (χ2v) is 7.28. The number of hydrogen-bond acceptors (Lipinski definition) is 3. The molecule has 1 aromatic carbocycles. The fourth-order valence-corrected chi connectivity index (χ4v) is 2.44. The fourth-order valence-electron chi connectivity index (χ4n) is 1.65. The molecule has 1 atom stereocenters. The number of carbonyl (C=O) groups is 1. The molecule has 0 aliphatic heterocycles. The van der Waals surface area contributed by atoms with Crippen molar-refractivity contribution in [2.24, 2.45) is 0 Å². The quantitative estimate of drug-likeness (QED) is 0.837. The Morgan fingerprint density at radius 2 is 1.86 bits per heavy atom. The average molecular weight is 341 g/mol. The Hall–Kier alpha value is -1.64. The first-order chi connectivity index (χ1) is 9.88. The second kappa shape index (κ2) is 6.64. The van der Waals surface area contributed by atoms with E-state index in [0.717, 1.165) is 6.26 Å². The average Bonchev–Trinajstić information content (AvgIpc) is 2.33. The monoisotopic (exact) mass is 341 g/mol. The molecule has 9 heteroatoms. The van der Waals surface area contributed by atoms with E-state index in [4.69, 9.17) is 0 Å². The molecule has 0 radical (unpaired) electrons. The number of sulfone groups is 1. The molecular weight excluding hydrogens is 326 g/mol. The number of halogens is 4. The molecule has 0 saturated heterocycles. The van der Waals surface area contributed by atoms with Crippen LogP contribution in [0.4, 0.5) is 17.6 Å². The van der Waals surface area contributed by atoms with Crippen LogP contribution in [0, 0.1) is 5.82 Å². The lowest BCUT2D eigenvalue weighted by molar-refractivity contribution is -0.137. The van der Waals surface area contributed by atoms with Gasteiger partial charge in [0.05, 0.1) is 11.3 Å². The number of amides is 1. The summed E-state index contributed by atoms with van der Waals surface area (Å²) in [5, 5.41) is 2.34. The van der Waals surface area contributed by atoms with E-state index < -0.39 is 44.9 Å². The molecule has 1 amide bonds. The van der Waals surface area contributed by atoms with Gasteiger partial charge in [-0.1, -0.05) is 0 Å². The molecule has 22 heavy (non-hydrogen) atoms. The Kier molecular flexibility index (Phi) is 5.55. The summed E-state index contributed by atoms with van der Waals surface area (Å²) in [7, 11) is -3.21. The lowest BCUT2D eigenvalue weighted by Gasteiger charge is -2.14. The van der Waals surface area contributed by atoms with E-state index in [9.17, 15) is 30.8 Å². The summed E-state index contributed by atoms with van der Waals surface area (Å²) >= 11 is 0. The molecule has 0 bridgehead atoms. The topological polar surface area (TPSA) is 63.2 Å². The van der Waals surface area contributed by atoms with Crippen molar-refractivity contribution in [1.29, 1.82) is 0 Å². The molecule has 4 nitrogen and oxygen atoms in total. The predicted molar refractivity (Wildman–Crippen MR) is 72.7 cm³/mol. The van der Waals surface area contributed by atoms with Gasteiger partial charge in [-0.05, 0) is 31.5 Å². The molecule has 1 rings (SSSR count). The van der Waals surface area contributed by atoms with Crippen molar-refractivity contribution < 1.29 is 30.8 Å². The molecule has 0 saturated carbocycles. The zero-order valence-corrected chi connectivity index (χ0v) is 12.7. The van der Waals surface area contributed by atoms with Gasteiger partial charge in [0.2, 0.25) is 0 Å². The van der Waals surface area contributed by atoms with E-state index >= 15 is 0 Å². The Morgan fingerprint density at radius 1 is 1.27 bits per heavy atom.